The van der Waals surface area contributed by atoms with Gasteiger partial charge in [-0.1, -0.05) is 81.3 Å². The van der Waals surface area contributed by atoms with Gasteiger partial charge in [0.05, 0.1) is 11.0 Å². The van der Waals surface area contributed by atoms with Crippen molar-refractivity contribution >= 4 is 28.5 Å². The van der Waals surface area contributed by atoms with Crippen LogP contribution < -0.4 is 5.32 Å². The lowest BCUT2D eigenvalue weighted by Crippen LogP contribution is -2.24. The smallest absolute Gasteiger partial charge is 0.251 e. The molecule has 0 saturated heterocycles. The molecule has 182 valence electrons. The number of imidazole rings is 1. The van der Waals surface area contributed by atoms with Crippen LogP contribution in [0.15, 0.2) is 72.8 Å². The van der Waals surface area contributed by atoms with E-state index in [9.17, 15) is 4.79 Å². The fraction of sp³-hybridized carbons (Fsp3) is 0.333. The summed E-state index contributed by atoms with van der Waals surface area (Å²) in [6, 6.07) is 24.4. The van der Waals surface area contributed by atoms with Gasteiger partial charge in [-0.2, -0.15) is 0 Å². The summed E-state index contributed by atoms with van der Waals surface area (Å²) in [5.41, 5.74) is 5.60. The second-order valence-corrected chi connectivity index (χ2v) is 10.6. The van der Waals surface area contributed by atoms with Gasteiger partial charge in [0.15, 0.2) is 0 Å². The first kappa shape index (κ1) is 25.0. The molecule has 3 aromatic carbocycles. The van der Waals surface area contributed by atoms with Crippen LogP contribution in [0, 0.1) is 0 Å². The fourth-order valence-corrected chi connectivity index (χ4v) is 4.49. The molecule has 0 aliphatic heterocycles. The first-order chi connectivity index (χ1) is 16.8. The van der Waals surface area contributed by atoms with Gasteiger partial charge in [-0.05, 0) is 59.7 Å². The average molecular weight is 488 g/mol. The van der Waals surface area contributed by atoms with Crippen molar-refractivity contribution in [2.24, 2.45) is 0 Å². The number of carbonyl (C=O) groups is 1. The minimum atomic E-state index is -0.0771. The van der Waals surface area contributed by atoms with Crippen molar-refractivity contribution in [1.82, 2.24) is 14.9 Å². The number of hydrogen-bond donors (Lipinski definition) is 1. The van der Waals surface area contributed by atoms with E-state index < -0.39 is 0 Å². The molecule has 0 atom stereocenters. The molecule has 0 saturated carbocycles. The van der Waals surface area contributed by atoms with Gasteiger partial charge in [0.25, 0.3) is 5.91 Å². The molecule has 1 N–H and O–H groups in total. The third-order valence-electron chi connectivity index (χ3n) is 6.34. The summed E-state index contributed by atoms with van der Waals surface area (Å²) in [5.74, 6) is 1.04. The number of nitrogens with zero attached hydrogens (tertiary/aromatic N) is 2. The monoisotopic (exact) mass is 487 g/mol. The van der Waals surface area contributed by atoms with E-state index >= 15 is 0 Å². The largest absolute Gasteiger partial charge is 0.352 e. The third-order valence-corrected chi connectivity index (χ3v) is 6.58. The molecule has 35 heavy (non-hydrogen) atoms. The zero-order chi connectivity index (χ0) is 24.8. The van der Waals surface area contributed by atoms with Crippen LogP contribution in [-0.4, -0.2) is 22.0 Å². The van der Waals surface area contributed by atoms with E-state index in [1.807, 2.05) is 6.07 Å². The van der Waals surface area contributed by atoms with Gasteiger partial charge >= 0.3 is 0 Å². The number of fused-ring (bicyclic) bond motifs is 1. The number of benzene rings is 3. The number of carbonyl (C=O) groups excluding carboxylic acids is 1. The van der Waals surface area contributed by atoms with E-state index in [-0.39, 0.29) is 11.3 Å². The van der Waals surface area contributed by atoms with Gasteiger partial charge in [0, 0.05) is 30.1 Å². The maximum absolute atomic E-state index is 12.3. The Morgan fingerprint density at radius 2 is 1.71 bits per heavy atom. The van der Waals surface area contributed by atoms with Crippen LogP contribution >= 0.6 is 11.6 Å². The van der Waals surface area contributed by atoms with E-state index in [1.54, 1.807) is 24.3 Å². The summed E-state index contributed by atoms with van der Waals surface area (Å²) in [6.45, 7) is 8.20. The van der Waals surface area contributed by atoms with Crippen molar-refractivity contribution in [2.75, 3.05) is 6.54 Å². The number of aromatic nitrogens is 2. The Kier molecular flexibility index (Phi) is 7.92. The molecule has 0 aliphatic carbocycles. The Morgan fingerprint density at radius 1 is 0.943 bits per heavy atom. The molecular weight excluding hydrogens is 454 g/mol. The lowest BCUT2D eigenvalue weighted by atomic mass is 9.87. The highest BCUT2D eigenvalue weighted by Crippen LogP contribution is 2.24. The SMILES string of the molecule is CC(C)(C)c1ccc(Cn2c(CCCCCNC(=O)c3cccc(Cl)c3)nc3ccccc32)cc1. The van der Waals surface area contributed by atoms with E-state index in [1.165, 1.54) is 16.6 Å². The highest BCUT2D eigenvalue weighted by atomic mass is 35.5. The number of nitrogens with one attached hydrogen (secondary N) is 1. The van der Waals surface area contributed by atoms with Crippen molar-refractivity contribution in [3.8, 4) is 0 Å². The molecule has 0 unspecified atom stereocenters. The Bertz CT molecular complexity index is 1290. The van der Waals surface area contributed by atoms with Gasteiger partial charge in [0.2, 0.25) is 0 Å². The summed E-state index contributed by atoms with van der Waals surface area (Å²) in [7, 11) is 0. The molecule has 0 spiro atoms. The van der Waals surface area contributed by atoms with Crippen LogP contribution in [0.2, 0.25) is 5.02 Å². The van der Waals surface area contributed by atoms with Gasteiger partial charge in [-0.3, -0.25) is 4.79 Å². The molecule has 1 aromatic heterocycles. The Balaban J connectivity index is 1.34. The molecular formula is C30H34ClN3O. The van der Waals surface area contributed by atoms with Crippen molar-refractivity contribution in [2.45, 2.75) is 58.4 Å². The second kappa shape index (κ2) is 11.1. The molecule has 4 nitrogen and oxygen atoms in total. The van der Waals surface area contributed by atoms with Crippen molar-refractivity contribution in [1.29, 1.82) is 0 Å². The lowest BCUT2D eigenvalue weighted by Gasteiger charge is -2.19. The van der Waals surface area contributed by atoms with Crippen LogP contribution in [-0.2, 0) is 18.4 Å². The number of amides is 1. The normalized spacial score (nSPS) is 11.7. The summed E-state index contributed by atoms with van der Waals surface area (Å²) in [4.78, 5) is 17.2. The van der Waals surface area contributed by atoms with Crippen LogP contribution in [0.5, 0.6) is 0 Å². The number of halogens is 1. The van der Waals surface area contributed by atoms with Crippen LogP contribution in [0.3, 0.4) is 0 Å². The van der Waals surface area contributed by atoms with Gasteiger partial charge in [-0.25, -0.2) is 4.98 Å². The predicted octanol–water partition coefficient (Wildman–Crippen LogP) is 7.18. The molecule has 0 fully saturated rings. The summed E-state index contributed by atoms with van der Waals surface area (Å²) in [6.07, 6.45) is 3.90. The minimum absolute atomic E-state index is 0.0771. The van der Waals surface area contributed by atoms with E-state index in [0.29, 0.717) is 17.1 Å². The molecule has 4 aromatic rings. The number of rotatable bonds is 9. The first-order valence-electron chi connectivity index (χ1n) is 12.4. The zero-order valence-electron chi connectivity index (χ0n) is 20.9. The molecule has 1 amide bonds. The van der Waals surface area contributed by atoms with Crippen molar-refractivity contribution in [3.63, 3.8) is 0 Å². The number of hydrogen-bond acceptors (Lipinski definition) is 2. The molecule has 4 rings (SSSR count). The Hall–Kier alpha value is -3.11. The van der Waals surface area contributed by atoms with E-state index in [0.717, 1.165) is 43.6 Å². The summed E-state index contributed by atoms with van der Waals surface area (Å²) < 4.78 is 2.35. The molecule has 0 aliphatic rings. The Labute approximate surface area is 213 Å². The topological polar surface area (TPSA) is 46.9 Å². The maximum atomic E-state index is 12.3. The lowest BCUT2D eigenvalue weighted by molar-refractivity contribution is 0.0953. The van der Waals surface area contributed by atoms with Crippen LogP contribution in [0.25, 0.3) is 11.0 Å². The standard InChI is InChI=1S/C30H34ClN3O/c1-30(2,3)24-17-15-22(16-18-24)21-34-27-13-7-6-12-26(27)33-28(34)14-5-4-8-19-32-29(35)23-10-9-11-25(31)20-23/h6-7,9-13,15-18,20H,4-5,8,14,19,21H2,1-3H3,(H,32,35). The molecule has 0 bridgehead atoms. The van der Waals surface area contributed by atoms with Crippen molar-refractivity contribution < 1.29 is 4.79 Å². The number of para-hydroxylation sites is 2. The fourth-order valence-electron chi connectivity index (χ4n) is 4.30. The Morgan fingerprint density at radius 3 is 2.46 bits per heavy atom. The highest BCUT2D eigenvalue weighted by molar-refractivity contribution is 6.30. The van der Waals surface area contributed by atoms with Crippen LogP contribution in [0.1, 0.15) is 67.3 Å². The maximum Gasteiger partial charge on any atom is 0.251 e. The number of aryl methyl sites for hydroxylation is 1. The quantitative estimate of drug-likeness (QED) is 0.254. The van der Waals surface area contributed by atoms with E-state index in [2.05, 4.69) is 73.1 Å². The van der Waals surface area contributed by atoms with Gasteiger partial charge < -0.3 is 9.88 Å². The van der Waals surface area contributed by atoms with Crippen molar-refractivity contribution in [3.05, 3.63) is 100 Å². The molecule has 0 radical (unpaired) electrons. The highest BCUT2D eigenvalue weighted by Gasteiger charge is 2.14. The van der Waals surface area contributed by atoms with Crippen LogP contribution in [0.4, 0.5) is 0 Å². The third kappa shape index (κ3) is 6.52. The zero-order valence-corrected chi connectivity index (χ0v) is 21.6. The van der Waals surface area contributed by atoms with E-state index in [4.69, 9.17) is 16.6 Å². The average Bonchev–Trinajstić information content (AvgIpc) is 3.18. The van der Waals surface area contributed by atoms with Gasteiger partial charge in [0.1, 0.15) is 5.82 Å². The summed E-state index contributed by atoms with van der Waals surface area (Å²) >= 11 is 5.98. The van der Waals surface area contributed by atoms with Gasteiger partial charge in [-0.15, -0.1) is 0 Å². The minimum Gasteiger partial charge on any atom is -0.352 e. The summed E-state index contributed by atoms with van der Waals surface area (Å²) in [5, 5.41) is 3.56. The second-order valence-electron chi connectivity index (χ2n) is 10.1. The number of unbranched alkanes of at least 4 members (excludes halogenated alkanes) is 2. The molecule has 5 heteroatoms. The first-order valence-corrected chi connectivity index (χ1v) is 12.8. The molecule has 1 heterocycles. The predicted molar refractivity (Wildman–Crippen MR) is 145 cm³/mol.